The third kappa shape index (κ3) is 3.07. The van der Waals surface area contributed by atoms with Crippen LogP contribution in [0.1, 0.15) is 36.5 Å². The highest BCUT2D eigenvalue weighted by molar-refractivity contribution is 5.63. The first-order valence-electron chi connectivity index (χ1n) is 9.29. The van der Waals surface area contributed by atoms with Gasteiger partial charge in [0.25, 0.3) is 0 Å². The number of fused-ring (bicyclic) bond motifs is 1. The lowest BCUT2D eigenvalue weighted by Gasteiger charge is -2.38. The van der Waals surface area contributed by atoms with E-state index in [9.17, 15) is 10.2 Å². The minimum atomic E-state index is -0.0751. The Balaban J connectivity index is 2.30. The second kappa shape index (κ2) is 7.70. The molecule has 1 aliphatic rings. The van der Waals surface area contributed by atoms with Crippen LogP contribution in [-0.2, 0) is 6.42 Å². The summed E-state index contributed by atoms with van der Waals surface area (Å²) in [4.78, 5) is 0. The maximum absolute atomic E-state index is 10.7. The van der Waals surface area contributed by atoms with Crippen molar-refractivity contribution in [2.45, 2.75) is 26.2 Å². The van der Waals surface area contributed by atoms with Crippen molar-refractivity contribution < 1.29 is 29.2 Å². The molecule has 0 saturated heterocycles. The molecule has 6 nitrogen and oxygen atoms in total. The van der Waals surface area contributed by atoms with E-state index < -0.39 is 0 Å². The van der Waals surface area contributed by atoms with Crippen molar-refractivity contribution in [3.8, 4) is 34.5 Å². The maximum Gasteiger partial charge on any atom is 0.201 e. The first-order chi connectivity index (χ1) is 13.4. The minimum absolute atomic E-state index is 0.00629. The molecule has 0 bridgehead atoms. The number of hydrogen-bond acceptors (Lipinski definition) is 6. The van der Waals surface area contributed by atoms with Gasteiger partial charge in [-0.1, -0.05) is 13.8 Å². The quantitative estimate of drug-likeness (QED) is 0.803. The van der Waals surface area contributed by atoms with Crippen LogP contribution in [0, 0.1) is 11.8 Å². The number of rotatable bonds is 5. The third-order valence-corrected chi connectivity index (χ3v) is 5.91. The minimum Gasteiger partial charge on any atom is -0.502 e. The Kier molecular flexibility index (Phi) is 5.49. The fourth-order valence-corrected chi connectivity index (χ4v) is 4.25. The predicted molar refractivity (Wildman–Crippen MR) is 106 cm³/mol. The summed E-state index contributed by atoms with van der Waals surface area (Å²) < 4.78 is 21.7. The fourth-order valence-electron chi connectivity index (χ4n) is 4.25. The number of hydrogen-bond donors (Lipinski definition) is 2. The summed E-state index contributed by atoms with van der Waals surface area (Å²) >= 11 is 0. The molecule has 2 aromatic carbocycles. The molecule has 152 valence electrons. The molecule has 28 heavy (non-hydrogen) atoms. The van der Waals surface area contributed by atoms with Crippen LogP contribution >= 0.6 is 0 Å². The molecule has 0 radical (unpaired) electrons. The largest absolute Gasteiger partial charge is 0.502 e. The Bertz CT molecular complexity index is 851. The fraction of sp³-hybridized carbons (Fsp3) is 0.455. The number of phenols is 2. The summed E-state index contributed by atoms with van der Waals surface area (Å²) in [6, 6.07) is 5.53. The smallest absolute Gasteiger partial charge is 0.201 e. The van der Waals surface area contributed by atoms with Gasteiger partial charge in [-0.2, -0.15) is 0 Å². The Labute approximate surface area is 165 Å². The van der Waals surface area contributed by atoms with E-state index in [0.29, 0.717) is 28.9 Å². The molecule has 3 atom stereocenters. The number of methoxy groups -OCH3 is 4. The Morgan fingerprint density at radius 1 is 0.786 bits per heavy atom. The first kappa shape index (κ1) is 20.0. The van der Waals surface area contributed by atoms with Crippen molar-refractivity contribution in [1.29, 1.82) is 0 Å². The molecule has 0 spiro atoms. The summed E-state index contributed by atoms with van der Waals surface area (Å²) in [6.45, 7) is 4.39. The normalized spacial score (nSPS) is 21.0. The number of benzene rings is 2. The van der Waals surface area contributed by atoms with Crippen molar-refractivity contribution >= 4 is 0 Å². The zero-order valence-electron chi connectivity index (χ0n) is 17.2. The van der Waals surface area contributed by atoms with Gasteiger partial charge < -0.3 is 29.2 Å². The van der Waals surface area contributed by atoms with Crippen molar-refractivity contribution in [3.05, 3.63) is 34.9 Å². The molecule has 0 saturated carbocycles. The Morgan fingerprint density at radius 2 is 1.32 bits per heavy atom. The Morgan fingerprint density at radius 3 is 1.82 bits per heavy atom. The average Bonchev–Trinajstić information content (AvgIpc) is 2.69. The molecule has 0 heterocycles. The predicted octanol–water partition coefficient (Wildman–Crippen LogP) is 4.09. The van der Waals surface area contributed by atoms with E-state index in [1.807, 2.05) is 18.2 Å². The van der Waals surface area contributed by atoms with Crippen LogP contribution in [0.15, 0.2) is 18.2 Å². The number of aromatic hydroxyl groups is 2. The number of ether oxygens (including phenoxy) is 4. The van der Waals surface area contributed by atoms with Gasteiger partial charge in [-0.05, 0) is 47.6 Å². The first-order valence-corrected chi connectivity index (χ1v) is 9.29. The van der Waals surface area contributed by atoms with Crippen molar-refractivity contribution in [2.24, 2.45) is 11.8 Å². The van der Waals surface area contributed by atoms with Crippen molar-refractivity contribution in [2.75, 3.05) is 28.4 Å². The second-order valence-electron chi connectivity index (χ2n) is 7.33. The van der Waals surface area contributed by atoms with E-state index >= 15 is 0 Å². The zero-order valence-corrected chi connectivity index (χ0v) is 17.2. The molecule has 0 fully saturated rings. The molecule has 3 unspecified atom stereocenters. The van der Waals surface area contributed by atoms with Gasteiger partial charge >= 0.3 is 0 Å². The molecular formula is C22H28O6. The van der Waals surface area contributed by atoms with Gasteiger partial charge in [0.15, 0.2) is 23.0 Å². The lowest BCUT2D eigenvalue weighted by atomic mass is 9.67. The summed E-state index contributed by atoms with van der Waals surface area (Å²) in [5, 5.41) is 21.0. The monoisotopic (exact) mass is 388 g/mol. The van der Waals surface area contributed by atoms with E-state index in [0.717, 1.165) is 23.1 Å². The molecule has 0 aliphatic heterocycles. The molecule has 0 aromatic heterocycles. The van der Waals surface area contributed by atoms with Crippen LogP contribution in [0.2, 0.25) is 0 Å². The van der Waals surface area contributed by atoms with E-state index in [1.165, 1.54) is 21.3 Å². The third-order valence-electron chi connectivity index (χ3n) is 5.91. The molecule has 0 amide bonds. The van der Waals surface area contributed by atoms with E-state index in [4.69, 9.17) is 18.9 Å². The zero-order chi connectivity index (χ0) is 20.6. The SMILES string of the molecule is COc1cc(C2c3c(cc(OC)c(O)c3OC)CC(C)C2C)cc(OC)c1O. The highest BCUT2D eigenvalue weighted by Crippen LogP contribution is 2.54. The van der Waals surface area contributed by atoms with E-state index in [-0.39, 0.29) is 23.3 Å². The van der Waals surface area contributed by atoms with Crippen LogP contribution in [0.25, 0.3) is 0 Å². The van der Waals surface area contributed by atoms with Crippen molar-refractivity contribution in [1.82, 2.24) is 0 Å². The van der Waals surface area contributed by atoms with Gasteiger partial charge in [0, 0.05) is 11.5 Å². The Hall–Kier alpha value is -2.76. The van der Waals surface area contributed by atoms with Gasteiger partial charge in [-0.15, -0.1) is 0 Å². The number of phenolic OH excluding ortho intramolecular Hbond substituents is 2. The molecule has 2 N–H and O–H groups in total. The highest BCUT2D eigenvalue weighted by Gasteiger charge is 2.38. The van der Waals surface area contributed by atoms with Crippen LogP contribution in [0.4, 0.5) is 0 Å². The van der Waals surface area contributed by atoms with E-state index in [1.54, 1.807) is 7.11 Å². The second-order valence-corrected chi connectivity index (χ2v) is 7.33. The average molecular weight is 388 g/mol. The molecule has 1 aliphatic carbocycles. The lowest BCUT2D eigenvalue weighted by Crippen LogP contribution is -2.27. The van der Waals surface area contributed by atoms with Gasteiger partial charge in [0.05, 0.1) is 28.4 Å². The summed E-state index contributed by atoms with van der Waals surface area (Å²) in [6.07, 6.45) is 0.854. The highest BCUT2D eigenvalue weighted by atomic mass is 16.5. The maximum atomic E-state index is 10.7. The van der Waals surface area contributed by atoms with E-state index in [2.05, 4.69) is 13.8 Å². The summed E-state index contributed by atoms with van der Waals surface area (Å²) in [5.74, 6) is 2.05. The molecular weight excluding hydrogens is 360 g/mol. The standard InChI is InChI=1S/C22H28O6/c1-11-7-13-8-17(27-5)21(24)22(28-6)19(13)18(12(11)2)14-9-15(25-3)20(23)16(10-14)26-4/h8-12,18,23-24H,7H2,1-6H3. The van der Waals surface area contributed by atoms with Crippen molar-refractivity contribution in [3.63, 3.8) is 0 Å². The van der Waals surface area contributed by atoms with Gasteiger partial charge in [0.1, 0.15) is 0 Å². The van der Waals surface area contributed by atoms with Crippen LogP contribution < -0.4 is 18.9 Å². The summed E-state index contributed by atoms with van der Waals surface area (Å²) in [7, 11) is 6.10. The van der Waals surface area contributed by atoms with Gasteiger partial charge in [-0.3, -0.25) is 0 Å². The molecule has 3 rings (SSSR count). The topological polar surface area (TPSA) is 77.4 Å². The van der Waals surface area contributed by atoms with Crippen LogP contribution in [0.5, 0.6) is 34.5 Å². The lowest BCUT2D eigenvalue weighted by molar-refractivity contribution is 0.296. The van der Waals surface area contributed by atoms with Crippen LogP contribution in [-0.4, -0.2) is 38.7 Å². The van der Waals surface area contributed by atoms with Crippen LogP contribution in [0.3, 0.4) is 0 Å². The molecule has 6 heteroatoms. The summed E-state index contributed by atoms with van der Waals surface area (Å²) in [5.41, 5.74) is 2.93. The van der Waals surface area contributed by atoms with Gasteiger partial charge in [-0.25, -0.2) is 0 Å². The van der Waals surface area contributed by atoms with Gasteiger partial charge in [0.2, 0.25) is 11.5 Å². The molecule has 2 aromatic rings.